The fourth-order valence-corrected chi connectivity index (χ4v) is 5.99. The molecule has 0 fully saturated rings. The first-order chi connectivity index (χ1) is 23.2. The molecule has 2 heterocycles. The molecule has 0 aliphatic carbocycles. The van der Waals surface area contributed by atoms with Crippen molar-refractivity contribution in [3.05, 3.63) is 167 Å². The predicted molar refractivity (Wildman–Crippen MR) is 180 cm³/mol. The first-order valence-corrected chi connectivity index (χ1v) is 15.8. The summed E-state index contributed by atoms with van der Waals surface area (Å²) in [6.45, 7) is 1.13. The zero-order valence-electron chi connectivity index (χ0n) is 26.2. The van der Waals surface area contributed by atoms with Crippen LogP contribution in [0.3, 0.4) is 0 Å². The van der Waals surface area contributed by atoms with Crippen molar-refractivity contribution < 1.29 is 22.8 Å². The molecule has 0 unspecified atom stereocenters. The second-order valence-electron chi connectivity index (χ2n) is 11.8. The van der Waals surface area contributed by atoms with Crippen LogP contribution < -0.4 is 0 Å². The van der Waals surface area contributed by atoms with Crippen LogP contribution in [0.25, 0.3) is 17.2 Å². The van der Waals surface area contributed by atoms with E-state index in [-0.39, 0.29) is 12.5 Å². The van der Waals surface area contributed by atoms with E-state index in [2.05, 4.69) is 11.1 Å². The van der Waals surface area contributed by atoms with Crippen molar-refractivity contribution in [2.75, 3.05) is 6.54 Å². The van der Waals surface area contributed by atoms with Crippen LogP contribution in [0.5, 0.6) is 0 Å². The molecule has 242 valence electrons. The maximum Gasteiger partial charge on any atom is 0.416 e. The van der Waals surface area contributed by atoms with Gasteiger partial charge >= 0.3 is 6.18 Å². The van der Waals surface area contributed by atoms with E-state index < -0.39 is 23.7 Å². The van der Waals surface area contributed by atoms with Crippen molar-refractivity contribution in [2.45, 2.75) is 38.1 Å². The Hall–Kier alpha value is -5.50. The smallest absolute Gasteiger partial charge is 0.336 e. The summed E-state index contributed by atoms with van der Waals surface area (Å²) in [5, 5.41) is 0. The van der Waals surface area contributed by atoms with Crippen LogP contribution in [0, 0.1) is 0 Å². The SMILES string of the molecule is O=C([C@H](Cc1ccccc1)N(Cc1ccc(-c2ccncc2)cc1)C(=O)/C=C/c1ccc(C(F)(F)F)cc1)N1CCc2ccccc2C1. The molecule has 0 radical (unpaired) electrons. The Balaban J connectivity index is 1.34. The van der Waals surface area contributed by atoms with Gasteiger partial charge in [0.15, 0.2) is 0 Å². The summed E-state index contributed by atoms with van der Waals surface area (Å²) in [5.74, 6) is -0.571. The molecule has 8 heteroatoms. The molecule has 5 nitrogen and oxygen atoms in total. The number of rotatable bonds is 9. The number of carbonyl (C=O) groups is 2. The first kappa shape index (κ1) is 32.4. The van der Waals surface area contributed by atoms with Crippen molar-refractivity contribution in [3.63, 3.8) is 0 Å². The number of amides is 2. The molecule has 5 aromatic rings. The van der Waals surface area contributed by atoms with Gasteiger partial charge in [0, 0.05) is 44.5 Å². The average molecular weight is 646 g/mol. The van der Waals surface area contributed by atoms with Crippen molar-refractivity contribution >= 4 is 17.9 Å². The van der Waals surface area contributed by atoms with Crippen LogP contribution in [0.15, 0.2) is 134 Å². The van der Waals surface area contributed by atoms with E-state index in [9.17, 15) is 22.8 Å². The highest BCUT2D eigenvalue weighted by Crippen LogP contribution is 2.29. The highest BCUT2D eigenvalue weighted by Gasteiger charge is 2.34. The van der Waals surface area contributed by atoms with Gasteiger partial charge in [0.05, 0.1) is 5.56 Å². The third-order valence-corrected chi connectivity index (χ3v) is 8.64. The molecule has 0 N–H and O–H groups in total. The highest BCUT2D eigenvalue weighted by atomic mass is 19.4. The zero-order chi connectivity index (χ0) is 33.5. The van der Waals surface area contributed by atoms with Crippen LogP contribution in [-0.2, 0) is 41.7 Å². The second-order valence-corrected chi connectivity index (χ2v) is 11.8. The zero-order valence-corrected chi connectivity index (χ0v) is 26.2. The van der Waals surface area contributed by atoms with Crippen molar-refractivity contribution in [1.29, 1.82) is 0 Å². The van der Waals surface area contributed by atoms with Gasteiger partial charge in [0.1, 0.15) is 6.04 Å². The predicted octanol–water partition coefficient (Wildman–Crippen LogP) is 8.01. The lowest BCUT2D eigenvalue weighted by Gasteiger charge is -2.37. The molecule has 1 aliphatic rings. The molecule has 0 bridgehead atoms. The maximum atomic E-state index is 14.5. The first-order valence-electron chi connectivity index (χ1n) is 15.8. The number of nitrogens with zero attached hydrogens (tertiary/aromatic N) is 3. The fraction of sp³-hybridized carbons (Fsp3) is 0.175. The van der Waals surface area contributed by atoms with Gasteiger partial charge in [-0.2, -0.15) is 13.2 Å². The van der Waals surface area contributed by atoms with E-state index in [1.54, 1.807) is 17.3 Å². The van der Waals surface area contributed by atoms with Crippen molar-refractivity contribution in [3.8, 4) is 11.1 Å². The van der Waals surface area contributed by atoms with E-state index in [1.807, 2.05) is 89.8 Å². The average Bonchev–Trinajstić information content (AvgIpc) is 3.12. The Bertz CT molecular complexity index is 1870. The minimum absolute atomic E-state index is 0.153. The number of fused-ring (bicyclic) bond motifs is 1. The Labute approximate surface area is 278 Å². The maximum absolute atomic E-state index is 14.5. The lowest BCUT2D eigenvalue weighted by Crippen LogP contribution is -2.52. The van der Waals surface area contributed by atoms with E-state index in [1.165, 1.54) is 29.8 Å². The Morgan fingerprint density at radius 3 is 2.10 bits per heavy atom. The van der Waals surface area contributed by atoms with E-state index in [0.717, 1.165) is 46.4 Å². The molecular weight excluding hydrogens is 611 g/mol. The van der Waals surface area contributed by atoms with E-state index >= 15 is 0 Å². The number of benzene rings is 4. The number of alkyl halides is 3. The number of aromatic nitrogens is 1. The van der Waals surface area contributed by atoms with Crippen LogP contribution in [0.2, 0.25) is 0 Å². The van der Waals surface area contributed by atoms with Gasteiger partial charge in [-0.1, -0.05) is 91.0 Å². The van der Waals surface area contributed by atoms with Crippen LogP contribution >= 0.6 is 0 Å². The van der Waals surface area contributed by atoms with Gasteiger partial charge in [-0.3, -0.25) is 14.6 Å². The van der Waals surface area contributed by atoms with Gasteiger partial charge in [0.25, 0.3) is 0 Å². The molecule has 1 atom stereocenters. The second kappa shape index (κ2) is 14.5. The Kier molecular flexibility index (Phi) is 9.80. The normalized spacial score (nSPS) is 13.6. The summed E-state index contributed by atoms with van der Waals surface area (Å²) < 4.78 is 39.4. The summed E-state index contributed by atoms with van der Waals surface area (Å²) in [4.78, 5) is 36.1. The minimum Gasteiger partial charge on any atom is -0.336 e. The van der Waals surface area contributed by atoms with Crippen LogP contribution in [0.4, 0.5) is 13.2 Å². The number of halogens is 3. The lowest BCUT2D eigenvalue weighted by atomic mass is 9.97. The van der Waals surface area contributed by atoms with Crippen molar-refractivity contribution in [1.82, 2.24) is 14.8 Å². The summed E-state index contributed by atoms with van der Waals surface area (Å²) in [7, 11) is 0. The molecule has 1 aliphatic heterocycles. The van der Waals surface area contributed by atoms with Gasteiger partial charge in [-0.05, 0) is 75.7 Å². The minimum atomic E-state index is -4.46. The topological polar surface area (TPSA) is 53.5 Å². The van der Waals surface area contributed by atoms with Crippen molar-refractivity contribution in [2.24, 2.45) is 0 Å². The molecule has 1 aromatic heterocycles. The van der Waals surface area contributed by atoms with Gasteiger partial charge in [-0.25, -0.2) is 0 Å². The molecule has 6 rings (SSSR count). The van der Waals surface area contributed by atoms with E-state index in [0.29, 0.717) is 25.1 Å². The molecule has 2 amide bonds. The standard InChI is InChI=1S/C40H34F3N3O2/c41-40(42,43)36-17-12-29(13-18-36)14-19-38(47)46(27-31-10-15-33(16-11-31)34-20-23-44-24-21-34)37(26-30-6-2-1-3-7-30)39(48)45-25-22-32-8-4-5-9-35(32)28-45/h1-21,23-24,37H,22,25-28H2/b19-14+/t37-/m0/s1. The summed E-state index contributed by atoms with van der Waals surface area (Å²) in [6.07, 6.45) is 2.84. The Morgan fingerprint density at radius 1 is 0.771 bits per heavy atom. The third-order valence-electron chi connectivity index (χ3n) is 8.64. The number of pyridine rings is 1. The molecule has 0 saturated carbocycles. The summed E-state index contributed by atoms with van der Waals surface area (Å²) >= 11 is 0. The lowest BCUT2D eigenvalue weighted by molar-refractivity contribution is -0.144. The summed E-state index contributed by atoms with van der Waals surface area (Å²) in [6, 6.07) is 33.1. The largest absolute Gasteiger partial charge is 0.416 e. The molecule has 0 spiro atoms. The monoisotopic (exact) mass is 645 g/mol. The van der Waals surface area contributed by atoms with Crippen LogP contribution in [0.1, 0.15) is 33.4 Å². The fourth-order valence-electron chi connectivity index (χ4n) is 5.99. The molecule has 0 saturated heterocycles. The number of hydrogen-bond donors (Lipinski definition) is 0. The van der Waals surface area contributed by atoms with Gasteiger partial charge < -0.3 is 9.80 Å². The highest BCUT2D eigenvalue weighted by molar-refractivity contribution is 5.96. The van der Waals surface area contributed by atoms with Gasteiger partial charge in [0.2, 0.25) is 11.8 Å². The Morgan fingerprint density at radius 2 is 1.42 bits per heavy atom. The number of hydrogen-bond acceptors (Lipinski definition) is 3. The summed E-state index contributed by atoms with van der Waals surface area (Å²) in [5.41, 5.74) is 5.71. The van der Waals surface area contributed by atoms with Gasteiger partial charge in [-0.15, -0.1) is 0 Å². The molecule has 4 aromatic carbocycles. The molecular formula is C40H34F3N3O2. The van der Waals surface area contributed by atoms with E-state index in [4.69, 9.17) is 0 Å². The third kappa shape index (κ3) is 7.89. The van der Waals surface area contributed by atoms with Crippen LogP contribution in [-0.4, -0.2) is 39.2 Å². The quantitative estimate of drug-likeness (QED) is 0.153. The molecule has 48 heavy (non-hydrogen) atoms. The number of carbonyl (C=O) groups excluding carboxylic acids is 2.